The number of carbonyl (C=O) groups is 1. The summed E-state index contributed by atoms with van der Waals surface area (Å²) in [6.45, 7) is 7.42. The van der Waals surface area contributed by atoms with Crippen LogP contribution in [0.2, 0.25) is 0 Å². The molecular formula is C17H20N4O. The maximum atomic E-state index is 12.6. The van der Waals surface area contributed by atoms with Crippen LogP contribution in [0.1, 0.15) is 27.0 Å². The summed E-state index contributed by atoms with van der Waals surface area (Å²) in [5, 5.41) is 3.24. The van der Waals surface area contributed by atoms with Gasteiger partial charge in [-0.3, -0.25) is 4.79 Å². The first-order chi connectivity index (χ1) is 10.5. The molecule has 0 radical (unpaired) electrons. The molecule has 114 valence electrons. The van der Waals surface area contributed by atoms with E-state index in [2.05, 4.69) is 34.3 Å². The number of amides is 1. The molecule has 0 spiro atoms. The van der Waals surface area contributed by atoms with Crippen LogP contribution in [0.5, 0.6) is 0 Å². The van der Waals surface area contributed by atoms with Crippen LogP contribution in [0.3, 0.4) is 0 Å². The van der Waals surface area contributed by atoms with Crippen LogP contribution in [-0.4, -0.2) is 39.9 Å². The molecule has 1 saturated heterocycles. The van der Waals surface area contributed by atoms with Crippen molar-refractivity contribution in [3.8, 4) is 0 Å². The topological polar surface area (TPSA) is 58.1 Å². The normalized spacial score (nSPS) is 14.6. The highest BCUT2D eigenvalue weighted by Gasteiger charge is 2.32. The summed E-state index contributed by atoms with van der Waals surface area (Å²) in [6.07, 6.45) is 3.41. The zero-order valence-corrected chi connectivity index (χ0v) is 13.1. The van der Waals surface area contributed by atoms with E-state index < -0.39 is 0 Å². The lowest BCUT2D eigenvalue weighted by Gasteiger charge is -2.40. The van der Waals surface area contributed by atoms with Crippen LogP contribution in [0, 0.1) is 20.8 Å². The zero-order valence-electron chi connectivity index (χ0n) is 13.1. The predicted octanol–water partition coefficient (Wildman–Crippen LogP) is 2.34. The first-order valence-electron chi connectivity index (χ1n) is 7.45. The molecule has 3 rings (SSSR count). The van der Waals surface area contributed by atoms with Gasteiger partial charge in [0.15, 0.2) is 0 Å². The number of aryl methyl sites for hydroxylation is 3. The van der Waals surface area contributed by atoms with E-state index >= 15 is 0 Å². The van der Waals surface area contributed by atoms with Gasteiger partial charge in [-0.25, -0.2) is 9.97 Å². The lowest BCUT2D eigenvalue weighted by atomic mass is 9.97. The van der Waals surface area contributed by atoms with Gasteiger partial charge in [0.25, 0.3) is 5.91 Å². The summed E-state index contributed by atoms with van der Waals surface area (Å²) in [4.78, 5) is 22.8. The van der Waals surface area contributed by atoms with Gasteiger partial charge < -0.3 is 10.2 Å². The molecule has 1 aromatic heterocycles. The largest absolute Gasteiger partial charge is 0.348 e. The van der Waals surface area contributed by atoms with E-state index in [0.29, 0.717) is 19.0 Å². The summed E-state index contributed by atoms with van der Waals surface area (Å²) in [7, 11) is 0. The summed E-state index contributed by atoms with van der Waals surface area (Å²) < 4.78 is 0. The minimum atomic E-state index is 0.113. The number of hydrogen-bond donors (Lipinski definition) is 1. The van der Waals surface area contributed by atoms with Gasteiger partial charge in [-0.1, -0.05) is 17.7 Å². The standard InChI is InChI=1S/C17H20N4O/c1-11-7-12(2)15(13(3)8-11)16(22)21-9-14(10-21)20-17-18-5-4-6-19-17/h4-8,14H,9-10H2,1-3H3,(H,18,19,20). The van der Waals surface area contributed by atoms with Gasteiger partial charge in [0, 0.05) is 31.0 Å². The van der Waals surface area contributed by atoms with Crippen LogP contribution < -0.4 is 5.32 Å². The van der Waals surface area contributed by atoms with Gasteiger partial charge >= 0.3 is 0 Å². The molecule has 2 aromatic rings. The van der Waals surface area contributed by atoms with Gasteiger partial charge in [-0.05, 0) is 38.0 Å². The Balaban J connectivity index is 1.65. The van der Waals surface area contributed by atoms with Crippen molar-refractivity contribution >= 4 is 11.9 Å². The van der Waals surface area contributed by atoms with E-state index in [1.807, 2.05) is 18.7 Å². The predicted molar refractivity (Wildman–Crippen MR) is 86.0 cm³/mol. The first kappa shape index (κ1) is 14.5. The van der Waals surface area contributed by atoms with E-state index in [1.165, 1.54) is 5.56 Å². The molecule has 5 nitrogen and oxygen atoms in total. The molecule has 1 aliphatic heterocycles. The van der Waals surface area contributed by atoms with Crippen molar-refractivity contribution in [1.29, 1.82) is 0 Å². The lowest BCUT2D eigenvalue weighted by Crippen LogP contribution is -2.57. The molecule has 0 bridgehead atoms. The maximum Gasteiger partial charge on any atom is 0.254 e. The minimum Gasteiger partial charge on any atom is -0.348 e. The van der Waals surface area contributed by atoms with Crippen molar-refractivity contribution < 1.29 is 4.79 Å². The molecule has 22 heavy (non-hydrogen) atoms. The quantitative estimate of drug-likeness (QED) is 0.944. The first-order valence-corrected chi connectivity index (χ1v) is 7.45. The highest BCUT2D eigenvalue weighted by atomic mass is 16.2. The Morgan fingerprint density at radius 3 is 2.32 bits per heavy atom. The summed E-state index contributed by atoms with van der Waals surface area (Å²) >= 11 is 0. The molecule has 1 fully saturated rings. The van der Waals surface area contributed by atoms with Crippen LogP contribution in [-0.2, 0) is 0 Å². The molecule has 0 saturated carbocycles. The monoisotopic (exact) mass is 296 g/mol. The van der Waals surface area contributed by atoms with Crippen molar-refractivity contribution in [2.24, 2.45) is 0 Å². The number of nitrogens with zero attached hydrogens (tertiary/aromatic N) is 3. The highest BCUT2D eigenvalue weighted by Crippen LogP contribution is 2.22. The molecule has 2 heterocycles. The van der Waals surface area contributed by atoms with Crippen LogP contribution in [0.4, 0.5) is 5.95 Å². The number of benzene rings is 1. The van der Waals surface area contributed by atoms with Crippen LogP contribution >= 0.6 is 0 Å². The van der Waals surface area contributed by atoms with Crippen molar-refractivity contribution in [3.05, 3.63) is 52.8 Å². The Kier molecular flexibility index (Phi) is 3.79. The van der Waals surface area contributed by atoms with Gasteiger partial charge in [0.1, 0.15) is 0 Å². The van der Waals surface area contributed by atoms with E-state index in [1.54, 1.807) is 18.5 Å². The Morgan fingerprint density at radius 2 is 1.73 bits per heavy atom. The van der Waals surface area contributed by atoms with E-state index in [4.69, 9.17) is 0 Å². The average Bonchev–Trinajstić information content (AvgIpc) is 2.42. The lowest BCUT2D eigenvalue weighted by molar-refractivity contribution is 0.0623. The third kappa shape index (κ3) is 2.79. The number of hydrogen-bond acceptors (Lipinski definition) is 4. The van der Waals surface area contributed by atoms with Gasteiger partial charge in [0.2, 0.25) is 5.95 Å². The molecule has 1 N–H and O–H groups in total. The maximum absolute atomic E-state index is 12.6. The molecule has 1 aliphatic rings. The SMILES string of the molecule is Cc1cc(C)c(C(=O)N2CC(Nc3ncccn3)C2)c(C)c1. The van der Waals surface area contributed by atoms with Crippen molar-refractivity contribution in [3.63, 3.8) is 0 Å². The molecule has 1 amide bonds. The fraction of sp³-hybridized carbons (Fsp3) is 0.353. The average molecular weight is 296 g/mol. The molecule has 0 atom stereocenters. The second-order valence-electron chi connectivity index (χ2n) is 5.90. The number of likely N-dealkylation sites (tertiary alicyclic amines) is 1. The third-order valence-electron chi connectivity index (χ3n) is 3.96. The number of anilines is 1. The molecule has 1 aromatic carbocycles. The van der Waals surface area contributed by atoms with Crippen molar-refractivity contribution in [2.75, 3.05) is 18.4 Å². The summed E-state index contributed by atoms with van der Waals surface area (Å²) in [5.41, 5.74) is 4.12. The smallest absolute Gasteiger partial charge is 0.254 e. The van der Waals surface area contributed by atoms with E-state index in [-0.39, 0.29) is 11.9 Å². The molecular weight excluding hydrogens is 276 g/mol. The Morgan fingerprint density at radius 1 is 1.14 bits per heavy atom. The Hall–Kier alpha value is -2.43. The number of aromatic nitrogens is 2. The third-order valence-corrected chi connectivity index (χ3v) is 3.96. The number of rotatable bonds is 3. The fourth-order valence-corrected chi connectivity index (χ4v) is 2.97. The number of nitrogens with one attached hydrogen (secondary N) is 1. The fourth-order valence-electron chi connectivity index (χ4n) is 2.97. The highest BCUT2D eigenvalue weighted by molar-refractivity contribution is 5.97. The van der Waals surface area contributed by atoms with E-state index in [9.17, 15) is 4.79 Å². The second kappa shape index (κ2) is 5.75. The summed E-state index contributed by atoms with van der Waals surface area (Å²) in [6, 6.07) is 6.13. The van der Waals surface area contributed by atoms with Crippen LogP contribution in [0.25, 0.3) is 0 Å². The Bertz CT molecular complexity index is 670. The van der Waals surface area contributed by atoms with Gasteiger partial charge in [-0.2, -0.15) is 0 Å². The Labute approximate surface area is 130 Å². The van der Waals surface area contributed by atoms with Gasteiger partial charge in [-0.15, -0.1) is 0 Å². The van der Waals surface area contributed by atoms with Crippen molar-refractivity contribution in [1.82, 2.24) is 14.9 Å². The molecule has 0 aliphatic carbocycles. The molecule has 0 unspecified atom stereocenters. The number of carbonyl (C=O) groups excluding carboxylic acids is 1. The molecule has 5 heteroatoms. The second-order valence-corrected chi connectivity index (χ2v) is 5.90. The van der Waals surface area contributed by atoms with E-state index in [0.717, 1.165) is 16.7 Å². The minimum absolute atomic E-state index is 0.113. The summed E-state index contributed by atoms with van der Waals surface area (Å²) in [5.74, 6) is 0.726. The van der Waals surface area contributed by atoms with Crippen molar-refractivity contribution in [2.45, 2.75) is 26.8 Å². The zero-order chi connectivity index (χ0) is 15.7. The van der Waals surface area contributed by atoms with Crippen LogP contribution in [0.15, 0.2) is 30.6 Å². The van der Waals surface area contributed by atoms with Gasteiger partial charge in [0.05, 0.1) is 6.04 Å².